The first-order valence-electron chi connectivity index (χ1n) is 16.0. The van der Waals surface area contributed by atoms with Gasteiger partial charge in [0.25, 0.3) is 0 Å². The van der Waals surface area contributed by atoms with Gasteiger partial charge < -0.3 is 15.4 Å². The Morgan fingerprint density at radius 3 is 2.16 bits per heavy atom. The molecule has 0 saturated carbocycles. The van der Waals surface area contributed by atoms with Crippen LogP contribution in [0.25, 0.3) is 11.1 Å². The third kappa shape index (κ3) is 4.78. The Kier molecular flexibility index (Phi) is 6.89. The number of amides is 3. The summed E-state index contributed by atoms with van der Waals surface area (Å²) in [5, 5.41) is 6.15. The van der Waals surface area contributed by atoms with Crippen LogP contribution < -0.4 is 15.5 Å². The molecule has 2 aliphatic carbocycles. The minimum atomic E-state index is -0.801. The van der Waals surface area contributed by atoms with E-state index in [2.05, 4.69) is 47.0 Å². The summed E-state index contributed by atoms with van der Waals surface area (Å²) >= 11 is 0. The van der Waals surface area contributed by atoms with E-state index in [0.717, 1.165) is 63.9 Å². The molecule has 4 aromatic carbocycles. The summed E-state index contributed by atoms with van der Waals surface area (Å²) in [4.78, 5) is 43.0. The van der Waals surface area contributed by atoms with Crippen molar-refractivity contribution in [2.24, 2.45) is 0 Å². The molecule has 2 aliphatic heterocycles. The quantitative estimate of drug-likeness (QED) is 0.296. The number of ether oxygens (including phenoxy) is 1. The Hall–Kier alpha value is -4.91. The molecule has 45 heavy (non-hydrogen) atoms. The van der Waals surface area contributed by atoms with Gasteiger partial charge in [0.05, 0.1) is 11.7 Å². The monoisotopic (exact) mass is 597 g/mol. The van der Waals surface area contributed by atoms with Gasteiger partial charge in [0.2, 0.25) is 11.8 Å². The van der Waals surface area contributed by atoms with E-state index in [9.17, 15) is 14.4 Å². The molecule has 2 N–H and O–H groups in total. The van der Waals surface area contributed by atoms with Crippen molar-refractivity contribution in [3.63, 3.8) is 0 Å². The average molecular weight is 598 g/mol. The van der Waals surface area contributed by atoms with Crippen molar-refractivity contribution in [2.45, 2.75) is 62.6 Å². The van der Waals surface area contributed by atoms with Crippen LogP contribution in [0.2, 0.25) is 0 Å². The molecule has 4 aliphatic rings. The van der Waals surface area contributed by atoms with E-state index in [1.165, 1.54) is 5.56 Å². The van der Waals surface area contributed by atoms with Gasteiger partial charge in [-0.2, -0.15) is 0 Å². The summed E-state index contributed by atoms with van der Waals surface area (Å²) in [6.07, 6.45) is 3.76. The number of carbonyl (C=O) groups is 3. The summed E-state index contributed by atoms with van der Waals surface area (Å²) in [5.74, 6) is -0.498. The number of nitrogens with zero attached hydrogens (tertiary/aromatic N) is 1. The maximum Gasteiger partial charge on any atom is 0.407 e. The minimum absolute atomic E-state index is 0.0728. The number of hydrogen-bond acceptors (Lipinski definition) is 4. The fourth-order valence-corrected chi connectivity index (χ4v) is 7.93. The van der Waals surface area contributed by atoms with Crippen molar-refractivity contribution < 1.29 is 19.1 Å². The number of aryl methyl sites for hydroxylation is 2. The first-order valence-corrected chi connectivity index (χ1v) is 16.0. The number of nitrogens with one attached hydrogen (secondary N) is 2. The van der Waals surface area contributed by atoms with Crippen molar-refractivity contribution in [2.75, 3.05) is 11.5 Å². The first kappa shape index (κ1) is 27.6. The molecular formula is C38H35N3O4. The smallest absolute Gasteiger partial charge is 0.407 e. The largest absolute Gasteiger partial charge is 0.449 e. The van der Waals surface area contributed by atoms with Gasteiger partial charge in [-0.25, -0.2) is 4.79 Å². The summed E-state index contributed by atoms with van der Waals surface area (Å²) in [7, 11) is 0. The zero-order chi connectivity index (χ0) is 30.5. The zero-order valence-corrected chi connectivity index (χ0v) is 25.0. The second-order valence-electron chi connectivity index (χ2n) is 12.6. The Morgan fingerprint density at radius 1 is 0.711 bits per heavy atom. The van der Waals surface area contributed by atoms with Gasteiger partial charge in [0, 0.05) is 12.3 Å². The molecule has 0 radical (unpaired) electrons. The Labute approximate surface area is 262 Å². The van der Waals surface area contributed by atoms with Gasteiger partial charge in [-0.1, -0.05) is 91.0 Å². The molecule has 8 rings (SSSR count). The standard InChI is InChI=1S/C38H35N3O4/c42-36(39-32-18-8-10-23-9-1-2-13-26(23)32)34-21-25-12-7-11-24-19-20-33(37(43)41(34)35(24)25)40-38(44)45-22-31-29-16-5-3-14-27(29)28-15-4-6-17-30(28)31/h1-7,9,11-17,31-34H,8,10,18-22H2,(H,39,42)(H,40,44)/t32-,33+,34+/m1/s1. The first-order chi connectivity index (χ1) is 22.1. The molecule has 3 atom stereocenters. The number of alkyl carbamates (subject to hydrolysis) is 1. The van der Waals surface area contributed by atoms with Gasteiger partial charge in [0.1, 0.15) is 18.7 Å². The number of rotatable bonds is 5. The zero-order valence-electron chi connectivity index (χ0n) is 25.0. The number of carbonyl (C=O) groups excluding carboxylic acids is 3. The molecule has 0 fully saturated rings. The lowest BCUT2D eigenvalue weighted by Crippen LogP contribution is -2.55. The third-order valence-electron chi connectivity index (χ3n) is 10.0. The molecule has 0 bridgehead atoms. The van der Waals surface area contributed by atoms with Crippen LogP contribution in [0, 0.1) is 0 Å². The molecule has 0 spiro atoms. The number of hydrogen-bond donors (Lipinski definition) is 2. The lowest BCUT2D eigenvalue weighted by Gasteiger charge is -2.31. The van der Waals surface area contributed by atoms with Crippen LogP contribution in [-0.2, 0) is 33.6 Å². The fraction of sp³-hybridized carbons (Fsp3) is 0.289. The van der Waals surface area contributed by atoms with Crippen molar-refractivity contribution in [1.29, 1.82) is 0 Å². The van der Waals surface area contributed by atoms with E-state index in [1.807, 2.05) is 54.6 Å². The van der Waals surface area contributed by atoms with Crippen LogP contribution in [0.15, 0.2) is 91.0 Å². The normalized spacial score (nSPS) is 21.2. The predicted octanol–water partition coefficient (Wildman–Crippen LogP) is 5.99. The summed E-state index contributed by atoms with van der Waals surface area (Å²) < 4.78 is 5.80. The molecule has 0 aromatic heterocycles. The molecule has 0 saturated heterocycles. The van der Waals surface area contributed by atoms with E-state index in [-0.39, 0.29) is 30.4 Å². The van der Waals surface area contributed by atoms with Crippen LogP contribution in [0.1, 0.15) is 64.6 Å². The van der Waals surface area contributed by atoms with Crippen LogP contribution in [0.4, 0.5) is 10.5 Å². The maximum absolute atomic E-state index is 14.2. The van der Waals surface area contributed by atoms with Crippen molar-refractivity contribution in [3.8, 4) is 11.1 Å². The predicted molar refractivity (Wildman–Crippen MR) is 172 cm³/mol. The van der Waals surface area contributed by atoms with Gasteiger partial charge in [-0.3, -0.25) is 14.5 Å². The highest BCUT2D eigenvalue weighted by Crippen LogP contribution is 2.45. The summed E-state index contributed by atoms with van der Waals surface area (Å²) in [5.41, 5.74) is 9.84. The highest BCUT2D eigenvalue weighted by Gasteiger charge is 2.44. The van der Waals surface area contributed by atoms with Gasteiger partial charge >= 0.3 is 6.09 Å². The van der Waals surface area contributed by atoms with Crippen LogP contribution in [0.3, 0.4) is 0 Å². The summed E-state index contributed by atoms with van der Waals surface area (Å²) in [6, 6.07) is 29.1. The average Bonchev–Trinajstić information content (AvgIpc) is 3.58. The number of para-hydroxylation sites is 1. The second-order valence-corrected chi connectivity index (χ2v) is 12.6. The molecule has 7 nitrogen and oxygen atoms in total. The van der Waals surface area contributed by atoms with Crippen LogP contribution in [-0.4, -0.2) is 36.6 Å². The van der Waals surface area contributed by atoms with E-state index < -0.39 is 18.2 Å². The molecule has 3 amide bonds. The maximum atomic E-state index is 14.2. The van der Waals surface area contributed by atoms with E-state index in [4.69, 9.17) is 4.74 Å². The highest BCUT2D eigenvalue weighted by atomic mass is 16.5. The molecule has 226 valence electrons. The van der Waals surface area contributed by atoms with Crippen LogP contribution in [0.5, 0.6) is 0 Å². The van der Waals surface area contributed by atoms with Gasteiger partial charge in [-0.15, -0.1) is 0 Å². The topological polar surface area (TPSA) is 87.7 Å². The van der Waals surface area contributed by atoms with Crippen molar-refractivity contribution in [1.82, 2.24) is 10.6 Å². The van der Waals surface area contributed by atoms with Crippen molar-refractivity contribution in [3.05, 3.63) is 124 Å². The molecular weight excluding hydrogens is 562 g/mol. The SMILES string of the molecule is O=C(N[C@H]1CCc2cccc3c2N(C1=O)[C@H](C(=O)N[C@@H]1CCCc2ccccc21)C3)OCC1c2ccccc2-c2ccccc21. The van der Waals surface area contributed by atoms with Gasteiger partial charge in [0.15, 0.2) is 0 Å². The Bertz CT molecular complexity index is 1790. The molecule has 4 aromatic rings. The number of anilines is 1. The van der Waals surface area contributed by atoms with Gasteiger partial charge in [-0.05, 0) is 76.6 Å². The minimum Gasteiger partial charge on any atom is -0.449 e. The van der Waals surface area contributed by atoms with Crippen LogP contribution >= 0.6 is 0 Å². The lowest BCUT2D eigenvalue weighted by atomic mass is 9.87. The van der Waals surface area contributed by atoms with Crippen molar-refractivity contribution >= 4 is 23.6 Å². The Morgan fingerprint density at radius 2 is 1.38 bits per heavy atom. The lowest BCUT2D eigenvalue weighted by molar-refractivity contribution is -0.127. The highest BCUT2D eigenvalue weighted by molar-refractivity contribution is 6.07. The summed E-state index contributed by atoms with van der Waals surface area (Å²) in [6.45, 7) is 0.169. The van der Waals surface area contributed by atoms with E-state index >= 15 is 0 Å². The fourth-order valence-electron chi connectivity index (χ4n) is 7.93. The second kappa shape index (κ2) is 11.2. The number of benzene rings is 4. The van der Waals surface area contributed by atoms with E-state index in [1.54, 1.807) is 4.90 Å². The molecule has 0 unspecified atom stereocenters. The Balaban J connectivity index is 0.995. The number of fused-ring (bicyclic) bond motifs is 4. The molecule has 7 heteroatoms. The van der Waals surface area contributed by atoms with E-state index in [0.29, 0.717) is 19.3 Å². The third-order valence-corrected chi connectivity index (χ3v) is 10.0. The molecule has 2 heterocycles.